The van der Waals surface area contributed by atoms with Gasteiger partial charge >= 0.3 is 0 Å². The average Bonchev–Trinajstić information content (AvgIpc) is 3.50. The summed E-state index contributed by atoms with van der Waals surface area (Å²) >= 11 is 1.57. The Kier molecular flexibility index (Phi) is 3.47. The maximum absolute atomic E-state index is 11.2. The summed E-state index contributed by atoms with van der Waals surface area (Å²) in [6.07, 6.45) is 9.45. The maximum atomic E-state index is 11.2. The van der Waals surface area contributed by atoms with Crippen molar-refractivity contribution in [1.29, 1.82) is 0 Å². The summed E-state index contributed by atoms with van der Waals surface area (Å²) in [6.45, 7) is 0.516. The van der Waals surface area contributed by atoms with Gasteiger partial charge in [-0.1, -0.05) is 18.2 Å². The van der Waals surface area contributed by atoms with Gasteiger partial charge in [0.25, 0.3) is 0 Å². The zero-order chi connectivity index (χ0) is 19.4. The molecule has 1 aliphatic heterocycles. The van der Waals surface area contributed by atoms with Gasteiger partial charge in [0.1, 0.15) is 21.9 Å². The van der Waals surface area contributed by atoms with Crippen molar-refractivity contribution in [3.05, 3.63) is 72.0 Å². The van der Waals surface area contributed by atoms with Crippen LogP contribution in [0, 0.1) is 0 Å². The van der Waals surface area contributed by atoms with E-state index >= 15 is 0 Å². The number of H-pyrrole nitrogens is 1. The van der Waals surface area contributed by atoms with Gasteiger partial charge in [-0.25, -0.2) is 15.0 Å². The lowest BCUT2D eigenvalue weighted by atomic mass is 9.91. The Hall–Kier alpha value is -3.36. The van der Waals surface area contributed by atoms with Crippen molar-refractivity contribution in [2.45, 2.75) is 18.6 Å². The number of aliphatic hydroxyl groups is 1. The normalized spacial score (nSPS) is 18.4. The van der Waals surface area contributed by atoms with E-state index in [0.717, 1.165) is 44.4 Å². The molecule has 4 aromatic heterocycles. The summed E-state index contributed by atoms with van der Waals surface area (Å²) in [5.74, 6) is 0.911. The number of hydrogen-bond acceptors (Lipinski definition) is 6. The fraction of sp³-hybridized carbons (Fsp3) is 0.143. The number of benzene rings is 1. The standard InChI is InChI=1S/C21H16N6OS/c28-21(9-17-22-6-7-27(17)12-21)14-3-1-2-13(8-14)16-11-29-20(26-16)15-10-25-19-18(15)23-4-5-24-19/h1-8,10-11,28H,9,12H2,(H,24,25)/t21-/m1/s1. The molecule has 6 rings (SSSR count). The van der Waals surface area contributed by atoms with Crippen LogP contribution in [-0.2, 0) is 18.6 Å². The fourth-order valence-electron chi connectivity index (χ4n) is 3.95. The second-order valence-electron chi connectivity index (χ2n) is 7.25. The SMILES string of the molecule is O[C@]1(c2cccc(-c3csc(-c4c[nH]c5nccnc45)n3)c2)Cc2nccn2C1. The quantitative estimate of drug-likeness (QED) is 0.484. The van der Waals surface area contributed by atoms with E-state index < -0.39 is 5.60 Å². The summed E-state index contributed by atoms with van der Waals surface area (Å²) in [7, 11) is 0. The highest BCUT2D eigenvalue weighted by molar-refractivity contribution is 7.13. The first-order valence-corrected chi connectivity index (χ1v) is 10.1. The van der Waals surface area contributed by atoms with Crippen LogP contribution in [0.15, 0.2) is 60.6 Å². The predicted octanol–water partition coefficient (Wildman–Crippen LogP) is 3.39. The van der Waals surface area contributed by atoms with Crippen LogP contribution in [0.25, 0.3) is 33.0 Å². The zero-order valence-corrected chi connectivity index (χ0v) is 16.1. The molecule has 0 saturated heterocycles. The van der Waals surface area contributed by atoms with Crippen molar-refractivity contribution < 1.29 is 5.11 Å². The molecule has 2 N–H and O–H groups in total. The summed E-state index contributed by atoms with van der Waals surface area (Å²) in [5.41, 5.74) is 4.32. The van der Waals surface area contributed by atoms with Crippen LogP contribution < -0.4 is 0 Å². The molecule has 0 amide bonds. The lowest BCUT2D eigenvalue weighted by Crippen LogP contribution is -2.27. The second-order valence-corrected chi connectivity index (χ2v) is 8.11. The molecule has 1 aliphatic rings. The molecule has 0 fully saturated rings. The molecule has 7 nitrogen and oxygen atoms in total. The number of aromatic nitrogens is 6. The molecule has 0 saturated carbocycles. The van der Waals surface area contributed by atoms with Crippen molar-refractivity contribution in [3.8, 4) is 21.8 Å². The molecule has 8 heteroatoms. The first-order valence-electron chi connectivity index (χ1n) is 9.27. The van der Waals surface area contributed by atoms with E-state index in [2.05, 4.69) is 19.9 Å². The largest absolute Gasteiger partial charge is 0.383 e. The van der Waals surface area contributed by atoms with E-state index in [4.69, 9.17) is 4.98 Å². The third-order valence-electron chi connectivity index (χ3n) is 5.42. The Morgan fingerprint density at radius 3 is 3.00 bits per heavy atom. The zero-order valence-electron chi connectivity index (χ0n) is 15.3. The lowest BCUT2D eigenvalue weighted by Gasteiger charge is -2.22. The first kappa shape index (κ1) is 16.6. The molecule has 0 unspecified atom stereocenters. The van der Waals surface area contributed by atoms with Gasteiger partial charge in [-0.05, 0) is 11.6 Å². The topological polar surface area (TPSA) is 92.5 Å². The van der Waals surface area contributed by atoms with Crippen molar-refractivity contribution in [2.24, 2.45) is 0 Å². The van der Waals surface area contributed by atoms with Crippen molar-refractivity contribution in [2.75, 3.05) is 0 Å². The van der Waals surface area contributed by atoms with Crippen molar-refractivity contribution in [3.63, 3.8) is 0 Å². The van der Waals surface area contributed by atoms with Crippen LogP contribution in [0.5, 0.6) is 0 Å². The minimum absolute atomic E-state index is 0.514. The van der Waals surface area contributed by atoms with E-state index in [1.54, 1.807) is 29.9 Å². The molecular weight excluding hydrogens is 384 g/mol. The minimum Gasteiger partial charge on any atom is -0.383 e. The van der Waals surface area contributed by atoms with Crippen LogP contribution in [0.3, 0.4) is 0 Å². The van der Waals surface area contributed by atoms with Gasteiger partial charge in [0.15, 0.2) is 5.65 Å². The lowest BCUT2D eigenvalue weighted by molar-refractivity contribution is 0.0376. The van der Waals surface area contributed by atoms with E-state index in [9.17, 15) is 5.11 Å². The maximum Gasteiger partial charge on any atom is 0.156 e. The smallest absolute Gasteiger partial charge is 0.156 e. The molecule has 0 radical (unpaired) electrons. The summed E-state index contributed by atoms with van der Waals surface area (Å²) in [4.78, 5) is 21.0. The number of aromatic amines is 1. The monoisotopic (exact) mass is 400 g/mol. The Balaban J connectivity index is 1.36. The molecule has 1 aromatic carbocycles. The van der Waals surface area contributed by atoms with Crippen LogP contribution in [-0.4, -0.2) is 34.6 Å². The van der Waals surface area contributed by atoms with E-state index in [-0.39, 0.29) is 0 Å². The predicted molar refractivity (Wildman–Crippen MR) is 110 cm³/mol. The molecule has 142 valence electrons. The summed E-state index contributed by atoms with van der Waals surface area (Å²) in [5, 5.41) is 14.1. The van der Waals surface area contributed by atoms with Gasteiger partial charge in [0.2, 0.25) is 0 Å². The number of nitrogens with zero attached hydrogens (tertiary/aromatic N) is 5. The molecule has 0 bridgehead atoms. The summed E-state index contributed by atoms with van der Waals surface area (Å²) < 4.78 is 2.01. The fourth-order valence-corrected chi connectivity index (χ4v) is 4.80. The van der Waals surface area contributed by atoms with E-state index in [1.165, 1.54) is 0 Å². The Labute approximate surface area is 169 Å². The number of thiazole rings is 1. The highest BCUT2D eigenvalue weighted by Gasteiger charge is 2.37. The van der Waals surface area contributed by atoms with Crippen LogP contribution in [0.1, 0.15) is 11.4 Å². The third-order valence-corrected chi connectivity index (χ3v) is 6.30. The number of fused-ring (bicyclic) bond motifs is 2. The molecule has 1 atom stereocenters. The van der Waals surface area contributed by atoms with Gasteiger partial charge < -0.3 is 14.7 Å². The van der Waals surface area contributed by atoms with Gasteiger partial charge in [0, 0.05) is 48.3 Å². The Morgan fingerprint density at radius 1 is 1.14 bits per heavy atom. The second kappa shape index (κ2) is 6.07. The number of hydrogen-bond donors (Lipinski definition) is 2. The molecular formula is C21H16N6OS. The summed E-state index contributed by atoms with van der Waals surface area (Å²) in [6, 6.07) is 7.99. The minimum atomic E-state index is -0.940. The van der Waals surface area contributed by atoms with Crippen LogP contribution >= 0.6 is 11.3 Å². The third kappa shape index (κ3) is 2.60. The average molecular weight is 400 g/mol. The molecule has 0 aliphatic carbocycles. The van der Waals surface area contributed by atoms with Gasteiger partial charge in [-0.2, -0.15) is 0 Å². The van der Waals surface area contributed by atoms with Crippen LogP contribution in [0.2, 0.25) is 0 Å². The van der Waals surface area contributed by atoms with Gasteiger partial charge in [-0.15, -0.1) is 11.3 Å². The Morgan fingerprint density at radius 2 is 2.07 bits per heavy atom. The van der Waals surface area contributed by atoms with E-state index in [0.29, 0.717) is 13.0 Å². The van der Waals surface area contributed by atoms with Crippen LogP contribution in [0.4, 0.5) is 0 Å². The van der Waals surface area contributed by atoms with Gasteiger partial charge in [-0.3, -0.25) is 4.98 Å². The highest BCUT2D eigenvalue weighted by Crippen LogP contribution is 2.36. The van der Waals surface area contributed by atoms with E-state index in [1.807, 2.05) is 46.6 Å². The van der Waals surface area contributed by atoms with Crippen molar-refractivity contribution in [1.82, 2.24) is 29.5 Å². The highest BCUT2D eigenvalue weighted by atomic mass is 32.1. The number of imidazole rings is 1. The number of nitrogens with one attached hydrogen (secondary N) is 1. The van der Waals surface area contributed by atoms with Gasteiger partial charge in [0.05, 0.1) is 17.8 Å². The molecule has 5 heterocycles. The molecule has 5 aromatic rings. The van der Waals surface area contributed by atoms with Crippen molar-refractivity contribution >= 4 is 22.5 Å². The first-order chi connectivity index (χ1) is 14.2. The Bertz CT molecular complexity index is 1330. The number of rotatable bonds is 3. The molecule has 0 spiro atoms. The molecule has 29 heavy (non-hydrogen) atoms.